The van der Waals surface area contributed by atoms with Crippen molar-refractivity contribution in [1.29, 1.82) is 0 Å². The summed E-state index contributed by atoms with van der Waals surface area (Å²) in [6, 6.07) is 94.0. The number of fused-ring (bicyclic) bond motifs is 4. The lowest BCUT2D eigenvalue weighted by Crippen LogP contribution is -2.11. The van der Waals surface area contributed by atoms with Crippen molar-refractivity contribution in [3.8, 4) is 66.8 Å². The first-order chi connectivity index (χ1) is 32.7. The van der Waals surface area contributed by atoms with E-state index in [9.17, 15) is 0 Å². The normalized spacial score (nSPS) is 11.3. The summed E-state index contributed by atoms with van der Waals surface area (Å²) < 4.78 is 6.30. The summed E-state index contributed by atoms with van der Waals surface area (Å²) in [5.74, 6) is 0. The van der Waals surface area contributed by atoms with Gasteiger partial charge in [0.05, 0.1) is 5.69 Å². The van der Waals surface area contributed by atoms with Crippen LogP contribution in [0.5, 0.6) is 0 Å². The number of anilines is 3. The number of nitrogens with zero attached hydrogens (tertiary/aromatic N) is 1. The molecule has 0 aliphatic rings. The highest BCUT2D eigenvalue weighted by Crippen LogP contribution is 2.44. The molecule has 11 aromatic carbocycles. The van der Waals surface area contributed by atoms with Crippen molar-refractivity contribution in [1.82, 2.24) is 0 Å². The van der Waals surface area contributed by atoms with Gasteiger partial charge in [0.15, 0.2) is 0 Å². The molecule has 0 bridgehead atoms. The van der Waals surface area contributed by atoms with Crippen molar-refractivity contribution in [2.45, 2.75) is 0 Å². The van der Waals surface area contributed by atoms with E-state index in [0.29, 0.717) is 0 Å². The smallest absolute Gasteiger partial charge is 0.136 e. The van der Waals surface area contributed by atoms with E-state index in [-0.39, 0.29) is 0 Å². The van der Waals surface area contributed by atoms with Gasteiger partial charge in [-0.15, -0.1) is 0 Å². The van der Waals surface area contributed by atoms with Gasteiger partial charge in [0.25, 0.3) is 0 Å². The fraction of sp³-hybridized carbons (Fsp3) is 0. The van der Waals surface area contributed by atoms with Gasteiger partial charge < -0.3 is 9.32 Å². The Labute approximate surface area is 384 Å². The summed E-state index contributed by atoms with van der Waals surface area (Å²) >= 11 is 0. The maximum atomic E-state index is 6.30. The van der Waals surface area contributed by atoms with Gasteiger partial charge in [-0.3, -0.25) is 0 Å². The van der Waals surface area contributed by atoms with Crippen LogP contribution < -0.4 is 4.90 Å². The minimum atomic E-state index is 0.893. The monoisotopic (exact) mass is 841 g/mol. The van der Waals surface area contributed by atoms with Crippen molar-refractivity contribution in [3.05, 3.63) is 261 Å². The van der Waals surface area contributed by atoms with Crippen LogP contribution in [0.4, 0.5) is 17.1 Å². The van der Waals surface area contributed by atoms with E-state index in [2.05, 4.69) is 254 Å². The van der Waals surface area contributed by atoms with E-state index in [4.69, 9.17) is 4.42 Å². The van der Waals surface area contributed by atoms with Crippen LogP contribution in [0.15, 0.2) is 265 Å². The number of para-hydroxylation sites is 2. The van der Waals surface area contributed by atoms with E-state index in [1.54, 1.807) is 0 Å². The lowest BCUT2D eigenvalue weighted by molar-refractivity contribution is 0.669. The number of furan rings is 1. The highest BCUT2D eigenvalue weighted by molar-refractivity contribution is 6.06. The molecule has 0 atom stereocenters. The van der Waals surface area contributed by atoms with Gasteiger partial charge in [-0.1, -0.05) is 188 Å². The highest BCUT2D eigenvalue weighted by atomic mass is 16.3. The van der Waals surface area contributed by atoms with Gasteiger partial charge in [0.1, 0.15) is 11.2 Å². The predicted octanol–water partition coefficient (Wildman–Crippen LogP) is 18.2. The Morgan fingerprint density at radius 2 is 0.682 bits per heavy atom. The molecule has 1 aromatic heterocycles. The minimum absolute atomic E-state index is 0.893. The number of benzene rings is 11. The van der Waals surface area contributed by atoms with Crippen molar-refractivity contribution in [2.75, 3.05) is 4.90 Å². The number of hydrogen-bond acceptors (Lipinski definition) is 2. The van der Waals surface area contributed by atoms with Crippen LogP contribution in [-0.4, -0.2) is 0 Å². The molecule has 0 aliphatic heterocycles. The topological polar surface area (TPSA) is 16.4 Å². The van der Waals surface area contributed by atoms with Crippen LogP contribution in [0, 0.1) is 0 Å². The van der Waals surface area contributed by atoms with Gasteiger partial charge in [-0.05, 0) is 145 Å². The summed E-state index contributed by atoms with van der Waals surface area (Å²) in [6.07, 6.45) is 0. The van der Waals surface area contributed by atoms with E-state index in [0.717, 1.165) is 66.8 Å². The standard InChI is InChI=1S/C64H43NO/c1-3-15-44(16-4-1)52-40-53(45-17-5-2-6-18-45)42-54(41-52)47-31-36-56(37-32-47)65(55-34-29-46(30-35-55)49-33-38-61-60-25-10-12-28-63(60)66-64(61)43-49)62-27-11-9-24-59(62)51-22-13-21-50(39-51)58-26-14-20-48-19-7-8-23-57(48)58/h1-43H. The zero-order valence-electron chi connectivity index (χ0n) is 36.2. The minimum Gasteiger partial charge on any atom is -0.456 e. The average Bonchev–Trinajstić information content (AvgIpc) is 3.78. The van der Waals surface area contributed by atoms with Crippen molar-refractivity contribution in [2.24, 2.45) is 0 Å². The molecule has 0 amide bonds. The second-order valence-electron chi connectivity index (χ2n) is 16.9. The Morgan fingerprint density at radius 3 is 1.36 bits per heavy atom. The molecule has 0 aliphatic carbocycles. The number of hydrogen-bond donors (Lipinski definition) is 0. The molecule has 310 valence electrons. The first-order valence-corrected chi connectivity index (χ1v) is 22.6. The lowest BCUT2D eigenvalue weighted by atomic mass is 9.93. The van der Waals surface area contributed by atoms with E-state index in [1.165, 1.54) is 49.7 Å². The summed E-state index contributed by atoms with van der Waals surface area (Å²) in [6.45, 7) is 0. The van der Waals surface area contributed by atoms with Crippen LogP contribution in [-0.2, 0) is 0 Å². The van der Waals surface area contributed by atoms with Crippen LogP contribution in [0.2, 0.25) is 0 Å². The molecule has 0 saturated carbocycles. The molecule has 2 nitrogen and oxygen atoms in total. The van der Waals surface area contributed by atoms with E-state index < -0.39 is 0 Å². The van der Waals surface area contributed by atoms with Crippen LogP contribution in [0.25, 0.3) is 99.5 Å². The van der Waals surface area contributed by atoms with Gasteiger partial charge >= 0.3 is 0 Å². The molecule has 0 fully saturated rings. The van der Waals surface area contributed by atoms with Gasteiger partial charge in [0.2, 0.25) is 0 Å². The molecule has 0 radical (unpaired) electrons. The SMILES string of the molecule is c1ccc(-c2cc(-c3ccccc3)cc(-c3ccc(N(c4ccc(-c5ccc6c(c5)oc5ccccc56)cc4)c4ccccc4-c4cccc(-c5cccc6ccccc56)c4)cc3)c2)cc1. The summed E-state index contributed by atoms with van der Waals surface area (Å²) in [4.78, 5) is 2.39. The van der Waals surface area contributed by atoms with Crippen LogP contribution >= 0.6 is 0 Å². The Kier molecular flexibility index (Phi) is 9.89. The fourth-order valence-corrected chi connectivity index (χ4v) is 9.57. The number of rotatable bonds is 9. The molecule has 66 heavy (non-hydrogen) atoms. The first-order valence-electron chi connectivity index (χ1n) is 22.6. The van der Waals surface area contributed by atoms with Crippen LogP contribution in [0.1, 0.15) is 0 Å². The van der Waals surface area contributed by atoms with Crippen molar-refractivity contribution >= 4 is 49.8 Å². The molecule has 1 heterocycles. The summed E-state index contributed by atoms with van der Waals surface area (Å²) in [5.41, 5.74) is 19.1. The Bertz CT molecular complexity index is 3620. The molecule has 0 N–H and O–H groups in total. The van der Waals surface area contributed by atoms with E-state index in [1.807, 2.05) is 12.1 Å². The quantitative estimate of drug-likeness (QED) is 0.144. The average molecular weight is 842 g/mol. The second-order valence-corrected chi connectivity index (χ2v) is 16.9. The summed E-state index contributed by atoms with van der Waals surface area (Å²) in [7, 11) is 0. The molecule has 12 rings (SSSR count). The third kappa shape index (κ3) is 7.31. The maximum absolute atomic E-state index is 6.30. The Balaban J connectivity index is 0.971. The Morgan fingerprint density at radius 1 is 0.242 bits per heavy atom. The zero-order chi connectivity index (χ0) is 43.8. The molecular formula is C64H43NO. The second kappa shape index (κ2) is 16.8. The highest BCUT2D eigenvalue weighted by Gasteiger charge is 2.19. The van der Waals surface area contributed by atoms with Crippen molar-refractivity contribution < 1.29 is 4.42 Å². The molecule has 0 unspecified atom stereocenters. The fourth-order valence-electron chi connectivity index (χ4n) is 9.57. The van der Waals surface area contributed by atoms with Crippen molar-refractivity contribution in [3.63, 3.8) is 0 Å². The third-order valence-corrected chi connectivity index (χ3v) is 12.9. The largest absolute Gasteiger partial charge is 0.456 e. The molecule has 2 heteroatoms. The lowest BCUT2D eigenvalue weighted by Gasteiger charge is -2.28. The molecule has 0 spiro atoms. The third-order valence-electron chi connectivity index (χ3n) is 12.9. The molecular weight excluding hydrogens is 799 g/mol. The van der Waals surface area contributed by atoms with Crippen LogP contribution in [0.3, 0.4) is 0 Å². The van der Waals surface area contributed by atoms with E-state index >= 15 is 0 Å². The van der Waals surface area contributed by atoms with Gasteiger partial charge in [-0.2, -0.15) is 0 Å². The Hall–Kier alpha value is -8.72. The molecule has 12 aromatic rings. The predicted molar refractivity (Wildman–Crippen MR) is 279 cm³/mol. The molecule has 0 saturated heterocycles. The summed E-state index contributed by atoms with van der Waals surface area (Å²) in [5, 5.41) is 4.75. The zero-order valence-corrected chi connectivity index (χ0v) is 36.2. The van der Waals surface area contributed by atoms with Gasteiger partial charge in [0, 0.05) is 27.7 Å². The van der Waals surface area contributed by atoms with Gasteiger partial charge in [-0.25, -0.2) is 0 Å². The maximum Gasteiger partial charge on any atom is 0.136 e. The first kappa shape index (κ1) is 38.9.